The van der Waals surface area contributed by atoms with Crippen molar-refractivity contribution in [1.29, 1.82) is 0 Å². The molecule has 0 aliphatic carbocycles. The lowest BCUT2D eigenvalue weighted by atomic mass is 10.2. The molecule has 0 saturated carbocycles. The summed E-state index contributed by atoms with van der Waals surface area (Å²) in [6.45, 7) is -0.0963. The molecule has 0 aliphatic heterocycles. The molecule has 10 heteroatoms. The first-order chi connectivity index (χ1) is 13.3. The number of hydrogen-bond acceptors (Lipinski definition) is 6. The highest BCUT2D eigenvalue weighted by molar-refractivity contribution is 6.40. The second-order valence-corrected chi connectivity index (χ2v) is 6.86. The topological polar surface area (TPSA) is 95.7 Å². The zero-order valence-electron chi connectivity index (χ0n) is 14.3. The summed E-state index contributed by atoms with van der Waals surface area (Å²) in [6, 6.07) is 8.56. The van der Waals surface area contributed by atoms with Crippen LogP contribution in [0.2, 0.25) is 15.1 Å². The van der Waals surface area contributed by atoms with Gasteiger partial charge in [0.25, 0.3) is 5.69 Å². The van der Waals surface area contributed by atoms with E-state index in [4.69, 9.17) is 44.3 Å². The largest absolute Gasteiger partial charge is 0.461 e. The van der Waals surface area contributed by atoms with Crippen molar-refractivity contribution >= 4 is 52.4 Å². The average Bonchev–Trinajstić information content (AvgIpc) is 2.63. The second-order valence-electron chi connectivity index (χ2n) is 5.61. The highest BCUT2D eigenvalue weighted by Crippen LogP contribution is 2.36. The van der Waals surface area contributed by atoms with E-state index in [1.54, 1.807) is 6.07 Å². The van der Waals surface area contributed by atoms with Crippen LogP contribution < -0.4 is 4.74 Å². The number of rotatable bonds is 8. The van der Waals surface area contributed by atoms with Crippen LogP contribution in [-0.4, -0.2) is 16.9 Å². The Hall–Kier alpha value is -2.35. The summed E-state index contributed by atoms with van der Waals surface area (Å²) in [4.78, 5) is 33.8. The van der Waals surface area contributed by atoms with Gasteiger partial charge in [-0.1, -0.05) is 46.9 Å². The summed E-state index contributed by atoms with van der Waals surface area (Å²) in [5.41, 5.74) is 0.407. The summed E-state index contributed by atoms with van der Waals surface area (Å²) in [5.74, 6) is -1.15. The van der Waals surface area contributed by atoms with Crippen LogP contribution in [0.25, 0.3) is 0 Å². The van der Waals surface area contributed by atoms with Gasteiger partial charge in [-0.3, -0.25) is 19.7 Å². The number of ether oxygens (including phenoxy) is 2. The van der Waals surface area contributed by atoms with Crippen molar-refractivity contribution in [3.8, 4) is 5.75 Å². The number of carbonyl (C=O) groups excluding carboxylic acids is 2. The molecule has 0 saturated heterocycles. The Labute approximate surface area is 175 Å². The molecule has 0 heterocycles. The Bertz CT molecular complexity index is 880. The Balaban J connectivity index is 1.75. The molecular weight excluding hydrogens is 433 g/mol. The van der Waals surface area contributed by atoms with E-state index in [9.17, 15) is 19.7 Å². The van der Waals surface area contributed by atoms with Crippen molar-refractivity contribution in [3.05, 3.63) is 67.1 Å². The molecule has 0 spiro atoms. The smallest absolute Gasteiger partial charge is 0.311 e. The van der Waals surface area contributed by atoms with Crippen molar-refractivity contribution < 1.29 is 24.0 Å². The fourth-order valence-corrected chi connectivity index (χ4v) is 3.06. The number of hydrogen-bond donors (Lipinski definition) is 0. The second kappa shape index (κ2) is 10.3. The Kier molecular flexibility index (Phi) is 8.04. The maximum Gasteiger partial charge on any atom is 0.311 e. The molecule has 0 amide bonds. The summed E-state index contributed by atoms with van der Waals surface area (Å²) in [7, 11) is 0. The summed E-state index contributed by atoms with van der Waals surface area (Å²) >= 11 is 17.6. The Morgan fingerprint density at radius 1 is 1.00 bits per heavy atom. The molecule has 0 bridgehead atoms. The van der Waals surface area contributed by atoms with Crippen molar-refractivity contribution in [1.82, 2.24) is 0 Å². The van der Waals surface area contributed by atoms with Crippen LogP contribution in [0.4, 0.5) is 5.69 Å². The third kappa shape index (κ3) is 6.67. The normalized spacial score (nSPS) is 10.4. The third-order valence-corrected chi connectivity index (χ3v) is 4.24. The average molecular weight is 447 g/mol. The van der Waals surface area contributed by atoms with Gasteiger partial charge < -0.3 is 9.47 Å². The molecule has 0 N–H and O–H groups in total. The van der Waals surface area contributed by atoms with Gasteiger partial charge in [0.15, 0.2) is 5.75 Å². The lowest BCUT2D eigenvalue weighted by Crippen LogP contribution is -2.10. The standard InChI is InChI=1S/C18H14Cl3NO6/c19-12-8-14(20)18(15(21)9-12)28-17(24)6-2-5-16(23)27-10-11-3-1-4-13(7-11)22(25)26/h1,3-4,7-9H,2,5-6,10H2. The van der Waals surface area contributed by atoms with E-state index in [1.165, 1.54) is 30.3 Å². The molecule has 28 heavy (non-hydrogen) atoms. The molecule has 148 valence electrons. The molecule has 0 radical (unpaired) electrons. The molecule has 2 aromatic carbocycles. The summed E-state index contributed by atoms with van der Waals surface area (Å²) < 4.78 is 10.1. The van der Waals surface area contributed by atoms with Crippen LogP contribution in [0.15, 0.2) is 36.4 Å². The molecule has 0 aliphatic rings. The lowest BCUT2D eigenvalue weighted by molar-refractivity contribution is -0.384. The molecule has 2 aromatic rings. The number of nitro groups is 1. The van der Waals surface area contributed by atoms with E-state index in [2.05, 4.69) is 0 Å². The van der Waals surface area contributed by atoms with Crippen LogP contribution in [-0.2, 0) is 20.9 Å². The number of nitro benzene ring substituents is 1. The fraction of sp³-hybridized carbons (Fsp3) is 0.222. The predicted octanol–water partition coefficient (Wildman–Crippen LogP) is 5.37. The van der Waals surface area contributed by atoms with Crippen molar-refractivity contribution in [2.75, 3.05) is 0 Å². The van der Waals surface area contributed by atoms with Crippen LogP contribution >= 0.6 is 34.8 Å². The van der Waals surface area contributed by atoms with Crippen molar-refractivity contribution in [3.63, 3.8) is 0 Å². The van der Waals surface area contributed by atoms with Gasteiger partial charge >= 0.3 is 11.9 Å². The minimum atomic E-state index is -0.613. The first-order valence-electron chi connectivity index (χ1n) is 8.00. The summed E-state index contributed by atoms with van der Waals surface area (Å²) in [6.07, 6.45) is 0.114. The number of non-ortho nitro benzene ring substituents is 1. The number of nitrogens with zero attached hydrogens (tertiary/aromatic N) is 1. The minimum Gasteiger partial charge on any atom is -0.461 e. The lowest BCUT2D eigenvalue weighted by Gasteiger charge is -2.09. The maximum atomic E-state index is 11.9. The Morgan fingerprint density at radius 2 is 1.64 bits per heavy atom. The monoisotopic (exact) mass is 445 g/mol. The van der Waals surface area contributed by atoms with Gasteiger partial charge in [-0.05, 0) is 24.1 Å². The zero-order chi connectivity index (χ0) is 20.7. The highest BCUT2D eigenvalue weighted by atomic mass is 35.5. The van der Waals surface area contributed by atoms with Gasteiger partial charge in [0.05, 0.1) is 15.0 Å². The predicted molar refractivity (Wildman–Crippen MR) is 104 cm³/mol. The Morgan fingerprint density at radius 3 is 2.29 bits per heavy atom. The number of carbonyl (C=O) groups is 2. The van der Waals surface area contributed by atoms with Gasteiger partial charge in [-0.25, -0.2) is 0 Å². The number of halogens is 3. The van der Waals surface area contributed by atoms with Gasteiger partial charge in [-0.15, -0.1) is 0 Å². The molecular formula is C18H14Cl3NO6. The van der Waals surface area contributed by atoms with Gasteiger partial charge in [0.1, 0.15) is 6.61 Å². The first kappa shape index (κ1) is 21.9. The number of esters is 2. The SMILES string of the molecule is O=C(CCCC(=O)Oc1c(Cl)cc(Cl)cc1Cl)OCc1cccc([N+](=O)[O-])c1. The van der Waals surface area contributed by atoms with E-state index in [1.807, 2.05) is 0 Å². The van der Waals surface area contributed by atoms with Crippen LogP contribution in [0.3, 0.4) is 0 Å². The quantitative estimate of drug-likeness (QED) is 0.234. The van der Waals surface area contributed by atoms with Gasteiger partial charge in [0, 0.05) is 30.0 Å². The molecule has 0 fully saturated rings. The highest BCUT2D eigenvalue weighted by Gasteiger charge is 2.15. The van der Waals surface area contributed by atoms with E-state index in [-0.39, 0.29) is 47.4 Å². The van der Waals surface area contributed by atoms with E-state index in [0.717, 1.165) is 0 Å². The minimum absolute atomic E-state index is 0.00554. The van der Waals surface area contributed by atoms with Crippen LogP contribution in [0.1, 0.15) is 24.8 Å². The third-order valence-electron chi connectivity index (χ3n) is 3.46. The van der Waals surface area contributed by atoms with Crippen molar-refractivity contribution in [2.24, 2.45) is 0 Å². The number of benzene rings is 2. The molecule has 0 atom stereocenters. The van der Waals surface area contributed by atoms with Crippen LogP contribution in [0, 0.1) is 10.1 Å². The van der Waals surface area contributed by atoms with Crippen LogP contribution in [0.5, 0.6) is 5.75 Å². The molecule has 0 aromatic heterocycles. The molecule has 2 rings (SSSR count). The molecule has 0 unspecified atom stereocenters. The zero-order valence-corrected chi connectivity index (χ0v) is 16.6. The summed E-state index contributed by atoms with van der Waals surface area (Å²) in [5, 5.41) is 11.2. The van der Waals surface area contributed by atoms with E-state index in [0.29, 0.717) is 10.6 Å². The molecule has 7 nitrogen and oxygen atoms in total. The van der Waals surface area contributed by atoms with E-state index >= 15 is 0 Å². The van der Waals surface area contributed by atoms with Crippen molar-refractivity contribution in [2.45, 2.75) is 25.9 Å². The fourth-order valence-electron chi connectivity index (χ4n) is 2.16. The van der Waals surface area contributed by atoms with Gasteiger partial charge in [0.2, 0.25) is 0 Å². The maximum absolute atomic E-state index is 11.9. The van der Waals surface area contributed by atoms with E-state index < -0.39 is 16.9 Å². The first-order valence-corrected chi connectivity index (χ1v) is 9.14. The van der Waals surface area contributed by atoms with Gasteiger partial charge in [-0.2, -0.15) is 0 Å².